The predicted octanol–water partition coefficient (Wildman–Crippen LogP) is 2.62. The van der Waals surface area contributed by atoms with Crippen LogP contribution in [0.4, 0.5) is 10.1 Å². The van der Waals surface area contributed by atoms with E-state index in [2.05, 4.69) is 5.32 Å². The van der Waals surface area contributed by atoms with Gasteiger partial charge in [-0.25, -0.2) is 4.39 Å². The van der Waals surface area contributed by atoms with Gasteiger partial charge in [0, 0.05) is 12.0 Å². The van der Waals surface area contributed by atoms with Gasteiger partial charge in [0.15, 0.2) is 0 Å². The first kappa shape index (κ1) is 14.9. The summed E-state index contributed by atoms with van der Waals surface area (Å²) < 4.78 is 13.5. The van der Waals surface area contributed by atoms with Crippen molar-refractivity contribution < 1.29 is 9.18 Å². The Kier molecular flexibility index (Phi) is 5.11. The van der Waals surface area contributed by atoms with Crippen molar-refractivity contribution in [2.45, 2.75) is 32.2 Å². The first-order valence-corrected chi connectivity index (χ1v) is 5.89. The molecule has 1 aliphatic rings. The maximum absolute atomic E-state index is 13.5. The number of amides is 1. The second-order valence-electron chi connectivity index (χ2n) is 4.74. The SMILES string of the molecule is Cc1ccc(NC(=O)C2CCC(N)C2)c(F)c1.Cl. The molecule has 0 bridgehead atoms. The summed E-state index contributed by atoms with van der Waals surface area (Å²) in [5, 5.41) is 2.63. The van der Waals surface area contributed by atoms with Crippen LogP contribution < -0.4 is 11.1 Å². The van der Waals surface area contributed by atoms with Gasteiger partial charge >= 0.3 is 0 Å². The minimum Gasteiger partial charge on any atom is -0.328 e. The number of carbonyl (C=O) groups excluding carboxylic acids is 1. The summed E-state index contributed by atoms with van der Waals surface area (Å²) in [6.07, 6.45) is 2.36. The molecular weight excluding hydrogens is 255 g/mol. The van der Waals surface area contributed by atoms with Crippen LogP contribution in [-0.2, 0) is 4.79 Å². The number of hydrogen-bond acceptors (Lipinski definition) is 2. The molecule has 1 aliphatic carbocycles. The summed E-state index contributed by atoms with van der Waals surface area (Å²) in [6.45, 7) is 1.81. The molecule has 0 spiro atoms. The summed E-state index contributed by atoms with van der Waals surface area (Å²) in [5.41, 5.74) is 6.84. The molecule has 2 atom stereocenters. The molecule has 3 N–H and O–H groups in total. The van der Waals surface area contributed by atoms with Crippen molar-refractivity contribution in [1.82, 2.24) is 0 Å². The summed E-state index contributed by atoms with van der Waals surface area (Å²) in [6, 6.07) is 4.89. The van der Waals surface area contributed by atoms with Crippen LogP contribution in [0.2, 0.25) is 0 Å². The zero-order valence-corrected chi connectivity index (χ0v) is 11.1. The summed E-state index contributed by atoms with van der Waals surface area (Å²) in [7, 11) is 0. The van der Waals surface area contributed by atoms with Crippen molar-refractivity contribution in [3.63, 3.8) is 0 Å². The number of carbonyl (C=O) groups is 1. The molecule has 18 heavy (non-hydrogen) atoms. The lowest BCUT2D eigenvalue weighted by Gasteiger charge is -2.11. The first-order chi connectivity index (χ1) is 8.06. The molecule has 0 aliphatic heterocycles. The first-order valence-electron chi connectivity index (χ1n) is 5.89. The number of nitrogens with one attached hydrogen (secondary N) is 1. The molecule has 0 radical (unpaired) electrons. The highest BCUT2D eigenvalue weighted by Crippen LogP contribution is 2.26. The van der Waals surface area contributed by atoms with E-state index < -0.39 is 0 Å². The topological polar surface area (TPSA) is 55.1 Å². The molecular formula is C13H18ClFN2O. The number of aryl methyl sites for hydroxylation is 1. The van der Waals surface area contributed by atoms with Crippen LogP contribution in [0.5, 0.6) is 0 Å². The van der Waals surface area contributed by atoms with E-state index in [0.29, 0.717) is 6.42 Å². The molecule has 1 amide bonds. The Bertz CT molecular complexity index is 439. The number of benzene rings is 1. The summed E-state index contributed by atoms with van der Waals surface area (Å²) in [5.74, 6) is -0.591. The molecule has 0 aromatic heterocycles. The fourth-order valence-corrected chi connectivity index (χ4v) is 2.21. The molecule has 1 aromatic rings. The van der Waals surface area contributed by atoms with E-state index in [-0.39, 0.29) is 41.8 Å². The van der Waals surface area contributed by atoms with E-state index in [0.717, 1.165) is 18.4 Å². The molecule has 0 heterocycles. The van der Waals surface area contributed by atoms with Gasteiger partial charge in [-0.15, -0.1) is 12.4 Å². The monoisotopic (exact) mass is 272 g/mol. The maximum atomic E-state index is 13.5. The third-order valence-electron chi connectivity index (χ3n) is 3.23. The fourth-order valence-electron chi connectivity index (χ4n) is 2.21. The highest BCUT2D eigenvalue weighted by Gasteiger charge is 2.28. The van der Waals surface area contributed by atoms with Crippen molar-refractivity contribution in [2.75, 3.05) is 5.32 Å². The van der Waals surface area contributed by atoms with Crippen LogP contribution in [0, 0.1) is 18.7 Å². The Labute approximate surface area is 112 Å². The zero-order valence-electron chi connectivity index (χ0n) is 10.3. The number of nitrogens with two attached hydrogens (primary N) is 1. The normalized spacial score (nSPS) is 22.4. The van der Waals surface area contributed by atoms with E-state index in [4.69, 9.17) is 5.73 Å². The molecule has 3 nitrogen and oxygen atoms in total. The van der Waals surface area contributed by atoms with E-state index in [1.807, 2.05) is 6.92 Å². The Hall–Kier alpha value is -1.13. The largest absolute Gasteiger partial charge is 0.328 e. The molecule has 1 aromatic carbocycles. The van der Waals surface area contributed by atoms with Gasteiger partial charge in [0.05, 0.1) is 5.69 Å². The highest BCUT2D eigenvalue weighted by molar-refractivity contribution is 5.92. The van der Waals surface area contributed by atoms with E-state index >= 15 is 0 Å². The lowest BCUT2D eigenvalue weighted by Crippen LogP contribution is -2.23. The molecule has 1 saturated carbocycles. The molecule has 2 rings (SSSR count). The smallest absolute Gasteiger partial charge is 0.227 e. The Balaban J connectivity index is 0.00000162. The summed E-state index contributed by atoms with van der Waals surface area (Å²) >= 11 is 0. The standard InChI is InChI=1S/C13H17FN2O.ClH/c1-8-2-5-12(11(14)6-8)16-13(17)9-3-4-10(15)7-9;/h2,5-6,9-10H,3-4,7,15H2,1H3,(H,16,17);1H. The molecule has 1 fully saturated rings. The van der Waals surface area contributed by atoms with E-state index in [1.54, 1.807) is 12.1 Å². The van der Waals surface area contributed by atoms with Crippen molar-refractivity contribution in [3.8, 4) is 0 Å². The molecule has 2 unspecified atom stereocenters. The Morgan fingerprint density at radius 1 is 1.44 bits per heavy atom. The highest BCUT2D eigenvalue weighted by atomic mass is 35.5. The van der Waals surface area contributed by atoms with Crippen molar-refractivity contribution in [1.29, 1.82) is 0 Å². The van der Waals surface area contributed by atoms with Crippen molar-refractivity contribution in [3.05, 3.63) is 29.6 Å². The Morgan fingerprint density at radius 3 is 2.72 bits per heavy atom. The number of rotatable bonds is 2. The van der Waals surface area contributed by atoms with Crippen LogP contribution >= 0.6 is 12.4 Å². The zero-order chi connectivity index (χ0) is 12.4. The van der Waals surface area contributed by atoms with Gasteiger partial charge < -0.3 is 11.1 Å². The molecule has 5 heteroatoms. The summed E-state index contributed by atoms with van der Waals surface area (Å²) in [4.78, 5) is 11.9. The average molecular weight is 273 g/mol. The third kappa shape index (κ3) is 3.43. The van der Waals surface area contributed by atoms with Crippen LogP contribution in [0.25, 0.3) is 0 Å². The molecule has 0 saturated heterocycles. The van der Waals surface area contributed by atoms with Gasteiger partial charge in [-0.05, 0) is 43.9 Å². The van der Waals surface area contributed by atoms with Gasteiger partial charge in [0.2, 0.25) is 5.91 Å². The van der Waals surface area contributed by atoms with E-state index in [9.17, 15) is 9.18 Å². The Morgan fingerprint density at radius 2 is 2.17 bits per heavy atom. The lowest BCUT2D eigenvalue weighted by atomic mass is 10.1. The van der Waals surface area contributed by atoms with Crippen LogP contribution in [0.1, 0.15) is 24.8 Å². The van der Waals surface area contributed by atoms with E-state index in [1.165, 1.54) is 6.07 Å². The predicted molar refractivity (Wildman–Crippen MR) is 72.3 cm³/mol. The fraction of sp³-hybridized carbons (Fsp3) is 0.462. The molecule has 100 valence electrons. The maximum Gasteiger partial charge on any atom is 0.227 e. The quantitative estimate of drug-likeness (QED) is 0.870. The number of hydrogen-bond donors (Lipinski definition) is 2. The number of anilines is 1. The lowest BCUT2D eigenvalue weighted by molar-refractivity contribution is -0.119. The van der Waals surface area contributed by atoms with Gasteiger partial charge in [0.1, 0.15) is 5.82 Å². The second-order valence-corrected chi connectivity index (χ2v) is 4.74. The van der Waals surface area contributed by atoms with Gasteiger partial charge in [-0.2, -0.15) is 0 Å². The number of halogens is 2. The van der Waals surface area contributed by atoms with Gasteiger partial charge in [0.25, 0.3) is 0 Å². The van der Waals surface area contributed by atoms with Crippen molar-refractivity contribution >= 4 is 24.0 Å². The van der Waals surface area contributed by atoms with Crippen LogP contribution in [0.3, 0.4) is 0 Å². The van der Waals surface area contributed by atoms with Gasteiger partial charge in [-0.3, -0.25) is 4.79 Å². The minimum atomic E-state index is -0.388. The van der Waals surface area contributed by atoms with Gasteiger partial charge in [-0.1, -0.05) is 6.07 Å². The minimum absolute atomic E-state index is 0. The third-order valence-corrected chi connectivity index (χ3v) is 3.23. The van der Waals surface area contributed by atoms with Crippen LogP contribution in [0.15, 0.2) is 18.2 Å². The van der Waals surface area contributed by atoms with Crippen LogP contribution in [-0.4, -0.2) is 11.9 Å². The van der Waals surface area contributed by atoms with Crippen molar-refractivity contribution in [2.24, 2.45) is 11.7 Å². The second kappa shape index (κ2) is 6.16. The average Bonchev–Trinajstić information content (AvgIpc) is 2.69.